The number of urea groups is 2. The number of imidazole rings is 2. The van der Waals surface area contributed by atoms with E-state index in [1.165, 1.54) is 6.07 Å². The predicted octanol–water partition coefficient (Wildman–Crippen LogP) is 7.19. The van der Waals surface area contributed by atoms with Gasteiger partial charge in [0, 0.05) is 23.7 Å². The number of benzene rings is 4. The lowest BCUT2D eigenvalue weighted by molar-refractivity contribution is -0.138. The maximum Gasteiger partial charge on any atom is 0.416 e. The third-order valence-corrected chi connectivity index (χ3v) is 7.59. The summed E-state index contributed by atoms with van der Waals surface area (Å²) in [6, 6.07) is 13.4. The summed E-state index contributed by atoms with van der Waals surface area (Å²) in [5.41, 5.74) is -0.0703. The predicted molar refractivity (Wildman–Crippen MR) is 177 cm³/mol. The van der Waals surface area contributed by atoms with E-state index in [-0.39, 0.29) is 23.7 Å². The molecule has 0 aliphatic heterocycles. The first-order valence-corrected chi connectivity index (χ1v) is 15.1. The molecule has 0 saturated heterocycles. The lowest BCUT2D eigenvalue weighted by atomic mass is 10.1. The molecule has 0 aliphatic carbocycles. The van der Waals surface area contributed by atoms with Crippen LogP contribution in [0.15, 0.2) is 82.4 Å². The number of aromatic nitrogens is 4. The Morgan fingerprint density at radius 3 is 1.50 bits per heavy atom. The van der Waals surface area contributed by atoms with Crippen LogP contribution in [-0.4, -0.2) is 32.0 Å². The molecule has 0 atom stereocenters. The van der Waals surface area contributed by atoms with E-state index in [9.17, 15) is 49.9 Å². The zero-order valence-electron chi connectivity index (χ0n) is 26.0. The standard InChI is InChI=1S/C16H12ClF3N4O2.C16H12F4N4O2/c2*17-10-6-9(16(18,19)20)5-4-8(10)7-21-14(25)22-11-2-1-3-12-13(11)24-15(26)23-12/h2*1-6H,7H2,(H2,21,22,25)(H2,23,24,26). The number of para-hydroxylation sites is 2. The van der Waals surface area contributed by atoms with Crippen LogP contribution in [0.4, 0.5) is 51.7 Å². The summed E-state index contributed by atoms with van der Waals surface area (Å²) in [7, 11) is 0. The molecule has 0 spiro atoms. The number of alkyl halides is 6. The number of H-pyrrole nitrogens is 4. The fourth-order valence-corrected chi connectivity index (χ4v) is 4.99. The number of aromatic amines is 4. The highest BCUT2D eigenvalue weighted by molar-refractivity contribution is 6.31. The summed E-state index contributed by atoms with van der Waals surface area (Å²) in [6.45, 7) is -0.377. The molecule has 0 radical (unpaired) electrons. The van der Waals surface area contributed by atoms with E-state index in [1.54, 1.807) is 36.4 Å². The molecule has 4 amide bonds. The Balaban J connectivity index is 0.000000201. The van der Waals surface area contributed by atoms with Crippen molar-refractivity contribution in [2.75, 3.05) is 10.6 Å². The third-order valence-electron chi connectivity index (χ3n) is 7.24. The highest BCUT2D eigenvalue weighted by Crippen LogP contribution is 2.32. The Labute approximate surface area is 290 Å². The Morgan fingerprint density at radius 1 is 0.615 bits per heavy atom. The van der Waals surface area contributed by atoms with Crippen LogP contribution < -0.4 is 32.6 Å². The number of hydrogen-bond donors (Lipinski definition) is 8. The number of amides is 4. The van der Waals surface area contributed by atoms with Crippen LogP contribution in [-0.2, 0) is 25.4 Å². The molecule has 8 N–H and O–H groups in total. The van der Waals surface area contributed by atoms with E-state index in [1.807, 2.05) is 0 Å². The van der Waals surface area contributed by atoms with Crippen LogP contribution in [0.25, 0.3) is 22.1 Å². The minimum atomic E-state index is -4.64. The van der Waals surface area contributed by atoms with Crippen molar-refractivity contribution in [3.63, 3.8) is 0 Å². The molecule has 0 fully saturated rings. The molecular formula is C32H24ClF7N8O4. The van der Waals surface area contributed by atoms with Crippen molar-refractivity contribution in [3.8, 4) is 0 Å². The van der Waals surface area contributed by atoms with Gasteiger partial charge in [-0.05, 0) is 54.1 Å². The van der Waals surface area contributed by atoms with Crippen molar-refractivity contribution in [2.24, 2.45) is 0 Å². The van der Waals surface area contributed by atoms with Crippen LogP contribution in [0.5, 0.6) is 0 Å². The molecule has 0 aliphatic rings. The van der Waals surface area contributed by atoms with Crippen molar-refractivity contribution >= 4 is 57.1 Å². The Bertz CT molecular complexity index is 2220. The smallest absolute Gasteiger partial charge is 0.334 e. The second kappa shape index (κ2) is 14.9. The normalized spacial score (nSPS) is 11.5. The monoisotopic (exact) mass is 752 g/mol. The highest BCUT2D eigenvalue weighted by atomic mass is 35.5. The molecule has 4 aromatic carbocycles. The van der Waals surface area contributed by atoms with Gasteiger partial charge in [0.2, 0.25) is 0 Å². The fraction of sp³-hybridized carbons (Fsp3) is 0.125. The number of carbonyl (C=O) groups is 2. The van der Waals surface area contributed by atoms with Crippen molar-refractivity contribution in [1.29, 1.82) is 0 Å². The molecule has 6 aromatic rings. The molecule has 0 bridgehead atoms. The lowest BCUT2D eigenvalue weighted by Crippen LogP contribution is -2.28. The second-order valence-corrected chi connectivity index (χ2v) is 11.2. The maximum absolute atomic E-state index is 13.8. The highest BCUT2D eigenvalue weighted by Gasteiger charge is 2.32. The van der Waals surface area contributed by atoms with Crippen molar-refractivity contribution < 1.29 is 40.3 Å². The van der Waals surface area contributed by atoms with Gasteiger partial charge >= 0.3 is 35.8 Å². The first-order valence-electron chi connectivity index (χ1n) is 14.7. The van der Waals surface area contributed by atoms with E-state index in [2.05, 4.69) is 41.2 Å². The van der Waals surface area contributed by atoms with Gasteiger partial charge in [0.15, 0.2) is 0 Å². The van der Waals surface area contributed by atoms with Crippen LogP contribution >= 0.6 is 11.6 Å². The first kappa shape index (κ1) is 37.0. The van der Waals surface area contributed by atoms with Gasteiger partial charge in [-0.2, -0.15) is 26.3 Å². The zero-order valence-corrected chi connectivity index (χ0v) is 26.8. The zero-order chi connectivity index (χ0) is 37.8. The topological polar surface area (TPSA) is 180 Å². The third kappa shape index (κ3) is 9.10. The second-order valence-electron chi connectivity index (χ2n) is 10.8. The van der Waals surface area contributed by atoms with Gasteiger partial charge in [-0.3, -0.25) is 0 Å². The molecule has 272 valence electrons. The summed E-state index contributed by atoms with van der Waals surface area (Å²) in [4.78, 5) is 56.8. The minimum Gasteiger partial charge on any atom is -0.334 e. The average Bonchev–Trinajstić information content (AvgIpc) is 3.65. The molecule has 2 aromatic heterocycles. The van der Waals surface area contributed by atoms with Gasteiger partial charge in [-0.15, -0.1) is 0 Å². The van der Waals surface area contributed by atoms with Crippen molar-refractivity contribution in [2.45, 2.75) is 25.4 Å². The van der Waals surface area contributed by atoms with Crippen molar-refractivity contribution in [3.05, 3.63) is 127 Å². The number of hydrogen-bond acceptors (Lipinski definition) is 4. The lowest BCUT2D eigenvalue weighted by Gasteiger charge is -2.11. The van der Waals surface area contributed by atoms with E-state index in [4.69, 9.17) is 11.6 Å². The number of rotatable bonds is 6. The summed E-state index contributed by atoms with van der Waals surface area (Å²) in [6.07, 6.45) is -9.13. The molecule has 20 heteroatoms. The van der Waals surface area contributed by atoms with Crippen LogP contribution in [0.1, 0.15) is 22.3 Å². The quantitative estimate of drug-likeness (QED) is 0.0841. The average molecular weight is 753 g/mol. The molecule has 12 nitrogen and oxygen atoms in total. The van der Waals surface area contributed by atoms with Gasteiger partial charge in [0.05, 0.1) is 44.6 Å². The largest absolute Gasteiger partial charge is 0.416 e. The van der Waals surface area contributed by atoms with E-state index in [0.717, 1.165) is 24.3 Å². The summed E-state index contributed by atoms with van der Waals surface area (Å²) >= 11 is 5.84. The molecule has 6 rings (SSSR count). The van der Waals surface area contributed by atoms with Gasteiger partial charge in [-0.25, -0.2) is 23.6 Å². The van der Waals surface area contributed by atoms with Gasteiger partial charge in [0.1, 0.15) is 5.82 Å². The molecule has 52 heavy (non-hydrogen) atoms. The first-order chi connectivity index (χ1) is 24.5. The molecule has 2 heterocycles. The number of fused-ring (bicyclic) bond motifs is 2. The Morgan fingerprint density at radius 2 is 1.06 bits per heavy atom. The number of halogens is 8. The maximum atomic E-state index is 13.8. The summed E-state index contributed by atoms with van der Waals surface area (Å²) in [5.74, 6) is -1.07. The Hall–Kier alpha value is -6.24. The van der Waals surface area contributed by atoms with E-state index in [0.29, 0.717) is 45.1 Å². The van der Waals surface area contributed by atoms with Crippen LogP contribution in [0.2, 0.25) is 5.02 Å². The van der Waals surface area contributed by atoms with E-state index >= 15 is 0 Å². The van der Waals surface area contributed by atoms with Gasteiger partial charge in [0.25, 0.3) is 0 Å². The number of anilines is 2. The summed E-state index contributed by atoms with van der Waals surface area (Å²) in [5, 5.41) is 9.79. The van der Waals surface area contributed by atoms with Crippen LogP contribution in [0.3, 0.4) is 0 Å². The molecule has 0 unspecified atom stereocenters. The SMILES string of the molecule is O=C(NCc1ccc(C(F)(F)F)cc1Cl)Nc1cccc2[nH]c(=O)[nH]c12.O=C(NCc1ccc(C(F)(F)F)cc1F)Nc1cccc2[nH]c(=O)[nH]c12. The minimum absolute atomic E-state index is 0.0670. The number of carbonyl (C=O) groups excluding carboxylic acids is 2. The summed E-state index contributed by atoms with van der Waals surface area (Å²) < 4.78 is 89.1. The molecule has 0 saturated carbocycles. The fourth-order valence-electron chi connectivity index (χ4n) is 4.74. The van der Waals surface area contributed by atoms with E-state index < -0.39 is 52.7 Å². The van der Waals surface area contributed by atoms with Crippen molar-refractivity contribution in [1.82, 2.24) is 30.6 Å². The van der Waals surface area contributed by atoms with Gasteiger partial charge in [-0.1, -0.05) is 35.9 Å². The van der Waals surface area contributed by atoms with Crippen LogP contribution in [0, 0.1) is 5.82 Å². The molecular weight excluding hydrogens is 729 g/mol. The number of nitrogens with one attached hydrogen (secondary N) is 8. The Kier molecular flexibility index (Phi) is 10.6. The van der Waals surface area contributed by atoms with Gasteiger partial charge < -0.3 is 41.2 Å².